The zero-order valence-electron chi connectivity index (χ0n) is 19.4. The van der Waals surface area contributed by atoms with Gasteiger partial charge >= 0.3 is 0 Å². The fourth-order valence-corrected chi connectivity index (χ4v) is 5.29. The number of amides is 1. The average Bonchev–Trinajstić information content (AvgIpc) is 3.22. The summed E-state index contributed by atoms with van der Waals surface area (Å²) in [5.74, 6) is -0.0140. The summed E-state index contributed by atoms with van der Waals surface area (Å²) in [5, 5.41) is 7.22. The molecule has 1 fully saturated rings. The second kappa shape index (κ2) is 9.96. The zero-order chi connectivity index (χ0) is 24.3. The minimum atomic E-state index is -3.73. The van der Waals surface area contributed by atoms with Crippen molar-refractivity contribution < 1.29 is 22.7 Å². The first-order valence-corrected chi connectivity index (χ1v) is 12.5. The molecule has 0 saturated carbocycles. The standard InChI is InChI=1S/C24H28N4O5S/c1-4-33-23-10-9-19(34(30,31)27-11-13-32-14-12-27)15-21(23)26-24(29)20-16-25-28(18(20)3)22-8-6-5-7-17(22)2/h5-10,15-16H,4,11-14H2,1-3H3,(H,26,29). The van der Waals surface area contributed by atoms with Crippen LogP contribution in [0.3, 0.4) is 0 Å². The summed E-state index contributed by atoms with van der Waals surface area (Å²) >= 11 is 0. The third-order valence-corrected chi connectivity index (χ3v) is 7.60. The van der Waals surface area contributed by atoms with Crippen LogP contribution in [0.5, 0.6) is 5.75 Å². The highest BCUT2D eigenvalue weighted by Crippen LogP contribution is 2.30. The van der Waals surface area contributed by atoms with Gasteiger partial charge in [-0.15, -0.1) is 0 Å². The van der Waals surface area contributed by atoms with Gasteiger partial charge in [0.1, 0.15) is 5.75 Å². The number of hydrogen-bond donors (Lipinski definition) is 1. The monoisotopic (exact) mass is 484 g/mol. The van der Waals surface area contributed by atoms with Crippen molar-refractivity contribution in [3.63, 3.8) is 0 Å². The largest absolute Gasteiger partial charge is 0.492 e. The maximum absolute atomic E-state index is 13.2. The third kappa shape index (κ3) is 4.70. The molecule has 0 radical (unpaired) electrons. The van der Waals surface area contributed by atoms with Gasteiger partial charge in [-0.3, -0.25) is 4.79 Å². The summed E-state index contributed by atoms with van der Waals surface area (Å²) in [7, 11) is -3.73. The minimum Gasteiger partial charge on any atom is -0.492 e. The molecule has 2 heterocycles. The van der Waals surface area contributed by atoms with E-state index >= 15 is 0 Å². The lowest BCUT2D eigenvalue weighted by Gasteiger charge is -2.26. The van der Waals surface area contributed by atoms with Crippen molar-refractivity contribution in [3.05, 3.63) is 65.5 Å². The van der Waals surface area contributed by atoms with Crippen LogP contribution in [0.1, 0.15) is 28.5 Å². The topological polar surface area (TPSA) is 103 Å². The van der Waals surface area contributed by atoms with Crippen LogP contribution in [0, 0.1) is 13.8 Å². The van der Waals surface area contributed by atoms with Gasteiger partial charge in [-0.25, -0.2) is 13.1 Å². The van der Waals surface area contributed by atoms with Crippen LogP contribution < -0.4 is 10.1 Å². The van der Waals surface area contributed by atoms with Gasteiger partial charge in [0.25, 0.3) is 5.91 Å². The second-order valence-electron chi connectivity index (χ2n) is 7.90. The van der Waals surface area contributed by atoms with Crippen LogP contribution in [-0.4, -0.2) is 61.3 Å². The molecule has 0 unspecified atom stereocenters. The van der Waals surface area contributed by atoms with Gasteiger partial charge in [-0.1, -0.05) is 18.2 Å². The number of sulfonamides is 1. The zero-order valence-corrected chi connectivity index (χ0v) is 20.3. The first kappa shape index (κ1) is 23.9. The van der Waals surface area contributed by atoms with E-state index in [1.807, 2.05) is 45.0 Å². The highest BCUT2D eigenvalue weighted by atomic mass is 32.2. The number of anilines is 1. The molecule has 1 aliphatic rings. The molecule has 4 rings (SSSR count). The first-order valence-electron chi connectivity index (χ1n) is 11.1. The Morgan fingerprint density at radius 3 is 2.59 bits per heavy atom. The molecule has 1 aromatic heterocycles. The van der Waals surface area contributed by atoms with Crippen LogP contribution in [0.15, 0.2) is 53.6 Å². The molecule has 180 valence electrons. The summed E-state index contributed by atoms with van der Waals surface area (Å²) in [6.07, 6.45) is 1.51. The number of hydrogen-bond acceptors (Lipinski definition) is 6. The van der Waals surface area contributed by atoms with Gasteiger partial charge in [-0.2, -0.15) is 9.40 Å². The molecule has 0 atom stereocenters. The molecule has 10 heteroatoms. The quantitative estimate of drug-likeness (QED) is 0.553. The number of aromatic nitrogens is 2. The lowest BCUT2D eigenvalue weighted by Crippen LogP contribution is -2.40. The molecule has 34 heavy (non-hydrogen) atoms. The van der Waals surface area contributed by atoms with Crippen molar-refractivity contribution in [2.24, 2.45) is 0 Å². The number of ether oxygens (including phenoxy) is 2. The molecule has 1 amide bonds. The smallest absolute Gasteiger partial charge is 0.259 e. The fraction of sp³-hybridized carbons (Fsp3) is 0.333. The minimum absolute atomic E-state index is 0.0838. The maximum atomic E-state index is 13.2. The highest BCUT2D eigenvalue weighted by molar-refractivity contribution is 7.89. The Bertz CT molecular complexity index is 1300. The fourth-order valence-electron chi connectivity index (χ4n) is 3.85. The van der Waals surface area contributed by atoms with E-state index < -0.39 is 15.9 Å². The van der Waals surface area contributed by atoms with E-state index in [1.54, 1.807) is 10.7 Å². The van der Waals surface area contributed by atoms with E-state index in [0.717, 1.165) is 11.3 Å². The SMILES string of the molecule is CCOc1ccc(S(=O)(=O)N2CCOCC2)cc1NC(=O)c1cnn(-c2ccccc2C)c1C. The molecule has 2 aromatic carbocycles. The van der Waals surface area contributed by atoms with Gasteiger partial charge < -0.3 is 14.8 Å². The number of carbonyl (C=O) groups is 1. The predicted octanol–water partition coefficient (Wildman–Crippen LogP) is 3.16. The van der Waals surface area contributed by atoms with E-state index in [2.05, 4.69) is 10.4 Å². The van der Waals surface area contributed by atoms with Crippen LogP contribution in [-0.2, 0) is 14.8 Å². The molecule has 0 spiro atoms. The number of morpholine rings is 1. The molecule has 0 bridgehead atoms. The number of nitrogens with one attached hydrogen (secondary N) is 1. The lowest BCUT2D eigenvalue weighted by molar-refractivity contribution is 0.0730. The van der Waals surface area contributed by atoms with Crippen molar-refractivity contribution >= 4 is 21.6 Å². The van der Waals surface area contributed by atoms with E-state index in [4.69, 9.17) is 9.47 Å². The van der Waals surface area contributed by atoms with Crippen molar-refractivity contribution in [2.75, 3.05) is 38.2 Å². The number of nitrogens with zero attached hydrogens (tertiary/aromatic N) is 3. The highest BCUT2D eigenvalue weighted by Gasteiger charge is 2.27. The molecular weight excluding hydrogens is 456 g/mol. The third-order valence-electron chi connectivity index (χ3n) is 5.70. The second-order valence-corrected chi connectivity index (χ2v) is 9.84. The Morgan fingerprint density at radius 1 is 1.15 bits per heavy atom. The maximum Gasteiger partial charge on any atom is 0.259 e. The molecule has 3 aromatic rings. The molecule has 0 aliphatic carbocycles. The van der Waals surface area contributed by atoms with E-state index in [1.165, 1.54) is 22.6 Å². The molecule has 1 saturated heterocycles. The lowest BCUT2D eigenvalue weighted by atomic mass is 10.2. The summed E-state index contributed by atoms with van der Waals surface area (Å²) in [4.78, 5) is 13.3. The van der Waals surface area contributed by atoms with Crippen LogP contribution in [0.2, 0.25) is 0 Å². The normalized spacial score (nSPS) is 14.7. The molecule has 1 N–H and O–H groups in total. The predicted molar refractivity (Wildman–Crippen MR) is 128 cm³/mol. The van der Waals surface area contributed by atoms with Gasteiger partial charge in [0.05, 0.1) is 53.5 Å². The van der Waals surface area contributed by atoms with Gasteiger partial charge in [0.2, 0.25) is 10.0 Å². The summed E-state index contributed by atoms with van der Waals surface area (Å²) in [6.45, 7) is 7.25. The average molecular weight is 485 g/mol. The first-order chi connectivity index (χ1) is 16.3. The van der Waals surface area contributed by atoms with Crippen molar-refractivity contribution in [1.29, 1.82) is 0 Å². The Hall–Kier alpha value is -3.21. The van der Waals surface area contributed by atoms with Crippen LogP contribution in [0.4, 0.5) is 5.69 Å². The summed E-state index contributed by atoms with van der Waals surface area (Å²) < 4.78 is 40.2. The number of carbonyl (C=O) groups excluding carboxylic acids is 1. The Balaban J connectivity index is 1.65. The number of para-hydroxylation sites is 1. The summed E-state index contributed by atoms with van der Waals surface area (Å²) in [6, 6.07) is 12.3. The molecule has 9 nitrogen and oxygen atoms in total. The Labute approximate surface area is 199 Å². The Kier molecular flexibility index (Phi) is 7.01. The van der Waals surface area contributed by atoms with Gasteiger partial charge in [0, 0.05) is 13.1 Å². The molecule has 1 aliphatic heterocycles. The van der Waals surface area contributed by atoms with Crippen molar-refractivity contribution in [1.82, 2.24) is 14.1 Å². The van der Waals surface area contributed by atoms with Crippen LogP contribution in [0.25, 0.3) is 5.69 Å². The molecular formula is C24H28N4O5S. The van der Waals surface area contributed by atoms with Gasteiger partial charge in [-0.05, 0) is 50.6 Å². The van der Waals surface area contributed by atoms with Crippen molar-refractivity contribution in [3.8, 4) is 11.4 Å². The van der Waals surface area contributed by atoms with Crippen molar-refractivity contribution in [2.45, 2.75) is 25.7 Å². The number of aryl methyl sites for hydroxylation is 1. The Morgan fingerprint density at radius 2 is 1.88 bits per heavy atom. The summed E-state index contributed by atoms with van der Waals surface area (Å²) in [5.41, 5.74) is 3.24. The van der Waals surface area contributed by atoms with E-state index in [9.17, 15) is 13.2 Å². The van der Waals surface area contributed by atoms with E-state index in [0.29, 0.717) is 36.8 Å². The number of benzene rings is 2. The number of rotatable bonds is 7. The van der Waals surface area contributed by atoms with E-state index in [-0.39, 0.29) is 23.7 Å². The van der Waals surface area contributed by atoms with Crippen LogP contribution >= 0.6 is 0 Å². The van der Waals surface area contributed by atoms with Gasteiger partial charge in [0.15, 0.2) is 0 Å².